The molecule has 2 N–H and O–H groups in total. The first-order valence-corrected chi connectivity index (χ1v) is 9.73. The summed E-state index contributed by atoms with van der Waals surface area (Å²) in [5, 5.41) is 3.53. The lowest BCUT2D eigenvalue weighted by molar-refractivity contribution is -0.116. The van der Waals surface area contributed by atoms with E-state index in [2.05, 4.69) is 32.3 Å². The summed E-state index contributed by atoms with van der Waals surface area (Å²) in [6.07, 6.45) is 3.12. The molecule has 2 aromatic carbocycles. The van der Waals surface area contributed by atoms with Gasteiger partial charge in [0.15, 0.2) is 0 Å². The van der Waals surface area contributed by atoms with Crippen LogP contribution in [-0.2, 0) is 11.2 Å². The molecule has 1 aliphatic heterocycles. The first-order valence-electron chi connectivity index (χ1n) is 9.73. The quantitative estimate of drug-likeness (QED) is 0.715. The predicted octanol–water partition coefficient (Wildman–Crippen LogP) is 3.40. The van der Waals surface area contributed by atoms with Crippen LogP contribution in [0.5, 0.6) is 0 Å². The lowest BCUT2D eigenvalue weighted by atomic mass is 10.1. The highest BCUT2D eigenvalue weighted by Gasteiger charge is 2.14. The summed E-state index contributed by atoms with van der Waals surface area (Å²) < 4.78 is 0. The molecule has 0 bridgehead atoms. The summed E-state index contributed by atoms with van der Waals surface area (Å²) in [6.45, 7) is 4.21. The van der Waals surface area contributed by atoms with Crippen molar-refractivity contribution >= 4 is 28.2 Å². The number of nitrogens with zero attached hydrogens (tertiary/aromatic N) is 2. The van der Waals surface area contributed by atoms with Gasteiger partial charge in [-0.25, -0.2) is 4.98 Å². The Morgan fingerprint density at radius 1 is 1.18 bits per heavy atom. The second-order valence-corrected chi connectivity index (χ2v) is 7.27. The number of H-pyrrole nitrogens is 1. The van der Waals surface area contributed by atoms with Crippen LogP contribution in [0.2, 0.25) is 0 Å². The second kappa shape index (κ2) is 7.84. The van der Waals surface area contributed by atoms with E-state index in [4.69, 9.17) is 0 Å². The number of aromatic amines is 1. The smallest absolute Gasteiger partial charge is 0.258 e. The third-order valence-corrected chi connectivity index (χ3v) is 5.21. The van der Waals surface area contributed by atoms with Crippen molar-refractivity contribution in [1.29, 1.82) is 0 Å². The number of hydrogen-bond acceptors (Lipinski definition) is 4. The van der Waals surface area contributed by atoms with Crippen molar-refractivity contribution in [2.75, 3.05) is 23.3 Å². The lowest BCUT2D eigenvalue weighted by Gasteiger charge is -2.19. The van der Waals surface area contributed by atoms with Gasteiger partial charge in [-0.2, -0.15) is 0 Å². The molecule has 0 aliphatic carbocycles. The van der Waals surface area contributed by atoms with Crippen LogP contribution in [0.3, 0.4) is 0 Å². The van der Waals surface area contributed by atoms with E-state index in [1.807, 2.05) is 25.1 Å². The number of hydrogen-bond donors (Lipinski definition) is 2. The molecule has 4 rings (SSSR count). The highest BCUT2D eigenvalue weighted by atomic mass is 16.1. The largest absolute Gasteiger partial charge is 0.372 e. The minimum absolute atomic E-state index is 0.0900. The van der Waals surface area contributed by atoms with E-state index in [1.54, 1.807) is 12.1 Å². The Labute approximate surface area is 163 Å². The molecule has 3 aromatic rings. The second-order valence-electron chi connectivity index (χ2n) is 7.27. The number of amides is 1. The summed E-state index contributed by atoms with van der Waals surface area (Å²) in [7, 11) is 0. The summed E-state index contributed by atoms with van der Waals surface area (Å²) in [4.78, 5) is 34.1. The number of rotatable bonds is 5. The Bertz CT molecular complexity index is 1070. The Morgan fingerprint density at radius 2 is 1.96 bits per heavy atom. The van der Waals surface area contributed by atoms with E-state index in [-0.39, 0.29) is 17.9 Å². The van der Waals surface area contributed by atoms with E-state index in [9.17, 15) is 9.59 Å². The van der Waals surface area contributed by atoms with Crippen LogP contribution in [0, 0.1) is 6.92 Å². The molecule has 28 heavy (non-hydrogen) atoms. The monoisotopic (exact) mass is 376 g/mol. The fraction of sp³-hybridized carbons (Fsp3) is 0.318. The Morgan fingerprint density at radius 3 is 2.75 bits per heavy atom. The number of carbonyl (C=O) groups excluding carboxylic acids is 1. The van der Waals surface area contributed by atoms with Crippen LogP contribution in [0.25, 0.3) is 10.9 Å². The van der Waals surface area contributed by atoms with Crippen molar-refractivity contribution in [3.05, 3.63) is 64.2 Å². The molecule has 6 nitrogen and oxygen atoms in total. The third kappa shape index (κ3) is 3.91. The van der Waals surface area contributed by atoms with Crippen LogP contribution < -0.4 is 15.8 Å². The van der Waals surface area contributed by atoms with E-state index in [1.165, 1.54) is 18.5 Å². The summed E-state index contributed by atoms with van der Waals surface area (Å²) >= 11 is 0. The number of carbonyl (C=O) groups is 1. The van der Waals surface area contributed by atoms with Gasteiger partial charge in [-0.1, -0.05) is 12.1 Å². The maximum Gasteiger partial charge on any atom is 0.258 e. The van der Waals surface area contributed by atoms with Gasteiger partial charge in [0.2, 0.25) is 5.91 Å². The molecule has 2 heterocycles. The molecule has 144 valence electrons. The highest BCUT2D eigenvalue weighted by Crippen LogP contribution is 2.25. The maximum atomic E-state index is 12.4. The van der Waals surface area contributed by atoms with Crippen LogP contribution in [0.1, 0.15) is 30.7 Å². The van der Waals surface area contributed by atoms with Crippen molar-refractivity contribution in [2.45, 2.75) is 32.6 Å². The predicted molar refractivity (Wildman–Crippen MR) is 112 cm³/mol. The minimum Gasteiger partial charge on any atom is -0.372 e. The maximum absolute atomic E-state index is 12.4. The van der Waals surface area contributed by atoms with E-state index in [0.29, 0.717) is 23.1 Å². The molecule has 0 atom stereocenters. The Kier molecular flexibility index (Phi) is 5.10. The standard InChI is InChI=1S/C22H24N4O2/c1-15-14-16(26-12-4-5-13-26)8-9-18(15)24-21(27)11-10-20-23-19-7-3-2-6-17(19)22(28)25-20/h2-3,6-9,14H,4-5,10-13H2,1H3,(H,24,27)(H,23,25,28). The summed E-state index contributed by atoms with van der Waals surface area (Å²) in [5.41, 5.74) is 3.57. The fourth-order valence-corrected chi connectivity index (χ4v) is 3.66. The van der Waals surface area contributed by atoms with Gasteiger partial charge in [0.25, 0.3) is 5.56 Å². The molecule has 0 saturated carbocycles. The SMILES string of the molecule is Cc1cc(N2CCCC2)ccc1NC(=O)CCc1nc2ccccc2c(=O)[nH]1. The molecule has 0 radical (unpaired) electrons. The number of fused-ring (bicyclic) bond motifs is 1. The number of nitrogens with one attached hydrogen (secondary N) is 2. The molecule has 0 spiro atoms. The van der Waals surface area contributed by atoms with E-state index in [0.717, 1.165) is 24.3 Å². The summed E-state index contributed by atoms with van der Waals surface area (Å²) in [6, 6.07) is 13.4. The molecule has 1 aromatic heterocycles. The van der Waals surface area contributed by atoms with Crippen molar-refractivity contribution in [1.82, 2.24) is 9.97 Å². The zero-order chi connectivity index (χ0) is 19.5. The van der Waals surface area contributed by atoms with Crippen LogP contribution in [-0.4, -0.2) is 29.0 Å². The normalized spacial score (nSPS) is 13.8. The summed E-state index contributed by atoms with van der Waals surface area (Å²) in [5.74, 6) is 0.438. The average Bonchev–Trinajstić information content (AvgIpc) is 3.23. The number of anilines is 2. The first-order chi connectivity index (χ1) is 13.6. The highest BCUT2D eigenvalue weighted by molar-refractivity contribution is 5.92. The average molecular weight is 376 g/mol. The van der Waals surface area contributed by atoms with Gasteiger partial charge in [0.05, 0.1) is 10.9 Å². The number of benzene rings is 2. The van der Waals surface area contributed by atoms with Gasteiger partial charge in [-0.3, -0.25) is 9.59 Å². The lowest BCUT2D eigenvalue weighted by Crippen LogP contribution is -2.18. The molecule has 6 heteroatoms. The van der Waals surface area contributed by atoms with E-state index >= 15 is 0 Å². The van der Waals surface area contributed by atoms with Gasteiger partial charge in [-0.05, 0) is 55.7 Å². The van der Waals surface area contributed by atoms with Crippen molar-refractivity contribution in [3.63, 3.8) is 0 Å². The number of para-hydroxylation sites is 1. The fourth-order valence-electron chi connectivity index (χ4n) is 3.66. The zero-order valence-corrected chi connectivity index (χ0v) is 16.0. The number of aromatic nitrogens is 2. The first kappa shape index (κ1) is 18.2. The number of aryl methyl sites for hydroxylation is 2. The molecule has 1 fully saturated rings. The Balaban J connectivity index is 1.40. The molecular weight excluding hydrogens is 352 g/mol. The van der Waals surface area contributed by atoms with E-state index < -0.39 is 0 Å². The Hall–Kier alpha value is -3.15. The zero-order valence-electron chi connectivity index (χ0n) is 16.0. The van der Waals surface area contributed by atoms with Gasteiger partial charge in [0.1, 0.15) is 5.82 Å². The van der Waals surface area contributed by atoms with Gasteiger partial charge in [0, 0.05) is 37.3 Å². The molecule has 1 aliphatic rings. The van der Waals surface area contributed by atoms with Crippen LogP contribution in [0.4, 0.5) is 11.4 Å². The van der Waals surface area contributed by atoms with Crippen LogP contribution in [0.15, 0.2) is 47.3 Å². The van der Waals surface area contributed by atoms with Crippen molar-refractivity contribution in [2.24, 2.45) is 0 Å². The van der Waals surface area contributed by atoms with Gasteiger partial charge in [-0.15, -0.1) is 0 Å². The van der Waals surface area contributed by atoms with Crippen molar-refractivity contribution < 1.29 is 4.79 Å². The molecular formula is C22H24N4O2. The van der Waals surface area contributed by atoms with Crippen molar-refractivity contribution in [3.8, 4) is 0 Å². The third-order valence-electron chi connectivity index (χ3n) is 5.21. The minimum atomic E-state index is -0.172. The van der Waals surface area contributed by atoms with Crippen LogP contribution >= 0.6 is 0 Å². The molecule has 1 saturated heterocycles. The molecule has 1 amide bonds. The van der Waals surface area contributed by atoms with Gasteiger partial charge >= 0.3 is 0 Å². The van der Waals surface area contributed by atoms with Gasteiger partial charge < -0.3 is 15.2 Å². The molecule has 0 unspecified atom stereocenters. The topological polar surface area (TPSA) is 78.1 Å².